The molecule has 0 amide bonds. The van der Waals surface area contributed by atoms with Gasteiger partial charge in [-0.25, -0.2) is 0 Å². The highest BCUT2D eigenvalue weighted by Gasteiger charge is 2.26. The van der Waals surface area contributed by atoms with Crippen LogP contribution in [0.5, 0.6) is 5.75 Å². The molecule has 0 saturated heterocycles. The summed E-state index contributed by atoms with van der Waals surface area (Å²) in [7, 11) is 1.68. The molecule has 0 saturated carbocycles. The first kappa shape index (κ1) is 15.6. The second-order valence-electron chi connectivity index (χ2n) is 5.55. The second-order valence-corrected chi connectivity index (χ2v) is 5.55. The van der Waals surface area contributed by atoms with Crippen LogP contribution in [0.1, 0.15) is 25.2 Å². The Hall–Kier alpha value is -1.78. The molecular weight excluding hydrogens is 266 g/mol. The van der Waals surface area contributed by atoms with Crippen molar-refractivity contribution in [3.63, 3.8) is 0 Å². The summed E-state index contributed by atoms with van der Waals surface area (Å²) in [6, 6.07) is 11.8. The van der Waals surface area contributed by atoms with E-state index in [1.165, 1.54) is 0 Å². The van der Waals surface area contributed by atoms with Crippen LogP contribution in [0, 0.1) is 0 Å². The monoisotopic (exact) mass is 289 g/mol. The van der Waals surface area contributed by atoms with Gasteiger partial charge in [-0.2, -0.15) is 0 Å². The van der Waals surface area contributed by atoms with Gasteiger partial charge in [0.1, 0.15) is 17.1 Å². The van der Waals surface area contributed by atoms with Crippen LogP contribution in [0.4, 0.5) is 0 Å². The van der Waals surface area contributed by atoms with Crippen molar-refractivity contribution < 1.29 is 14.3 Å². The number of furan rings is 1. The Morgan fingerprint density at radius 1 is 1.29 bits per heavy atom. The molecule has 0 fully saturated rings. The Balaban J connectivity index is 1.92. The number of methoxy groups -OCH3 is 1. The SMILES string of the molecule is COc1ccccc1CC(C)NCC(C)(O)c1ccco1. The fraction of sp³-hybridized carbons (Fsp3) is 0.412. The molecule has 1 heterocycles. The topological polar surface area (TPSA) is 54.6 Å². The maximum atomic E-state index is 10.4. The summed E-state index contributed by atoms with van der Waals surface area (Å²) in [5.74, 6) is 1.46. The third-order valence-corrected chi connectivity index (χ3v) is 3.57. The summed E-state index contributed by atoms with van der Waals surface area (Å²) in [6.07, 6.45) is 2.40. The zero-order chi connectivity index (χ0) is 15.3. The van der Waals surface area contributed by atoms with Crippen molar-refractivity contribution >= 4 is 0 Å². The first-order chi connectivity index (χ1) is 10.0. The lowest BCUT2D eigenvalue weighted by Crippen LogP contribution is -2.40. The Bertz CT molecular complexity index is 549. The second kappa shape index (κ2) is 6.78. The van der Waals surface area contributed by atoms with Gasteiger partial charge in [-0.15, -0.1) is 0 Å². The van der Waals surface area contributed by atoms with Crippen LogP contribution in [-0.4, -0.2) is 24.8 Å². The van der Waals surface area contributed by atoms with Crippen molar-refractivity contribution in [1.29, 1.82) is 0 Å². The van der Waals surface area contributed by atoms with E-state index >= 15 is 0 Å². The molecule has 2 N–H and O–H groups in total. The van der Waals surface area contributed by atoms with Crippen LogP contribution in [0.3, 0.4) is 0 Å². The highest BCUT2D eigenvalue weighted by atomic mass is 16.5. The lowest BCUT2D eigenvalue weighted by molar-refractivity contribution is 0.0320. The number of hydrogen-bond donors (Lipinski definition) is 2. The van der Waals surface area contributed by atoms with Crippen molar-refractivity contribution in [2.24, 2.45) is 0 Å². The Kier molecular flexibility index (Phi) is 5.04. The number of hydrogen-bond acceptors (Lipinski definition) is 4. The van der Waals surface area contributed by atoms with Crippen molar-refractivity contribution in [1.82, 2.24) is 5.32 Å². The molecule has 1 aromatic heterocycles. The summed E-state index contributed by atoms with van der Waals surface area (Å²) < 4.78 is 10.6. The molecule has 0 aliphatic carbocycles. The van der Waals surface area contributed by atoms with E-state index < -0.39 is 5.60 Å². The van der Waals surface area contributed by atoms with Crippen molar-refractivity contribution in [2.75, 3.05) is 13.7 Å². The van der Waals surface area contributed by atoms with Crippen LogP contribution in [0.15, 0.2) is 47.1 Å². The summed E-state index contributed by atoms with van der Waals surface area (Å²) in [5, 5.41) is 13.8. The number of para-hydroxylation sites is 1. The summed E-state index contributed by atoms with van der Waals surface area (Å²) in [5.41, 5.74) is 0.135. The highest BCUT2D eigenvalue weighted by Crippen LogP contribution is 2.21. The highest BCUT2D eigenvalue weighted by molar-refractivity contribution is 5.33. The van der Waals surface area contributed by atoms with E-state index in [1.54, 1.807) is 32.4 Å². The fourth-order valence-corrected chi connectivity index (χ4v) is 2.32. The van der Waals surface area contributed by atoms with Gasteiger partial charge in [0, 0.05) is 12.6 Å². The molecule has 1 aromatic carbocycles. The number of benzene rings is 1. The average Bonchev–Trinajstić information content (AvgIpc) is 3.01. The summed E-state index contributed by atoms with van der Waals surface area (Å²) >= 11 is 0. The standard InChI is InChI=1S/C17H23NO3/c1-13(11-14-7-4-5-8-15(14)20-3)18-12-17(2,19)16-9-6-10-21-16/h4-10,13,18-19H,11-12H2,1-3H3. The predicted molar refractivity (Wildman–Crippen MR) is 82.4 cm³/mol. The molecule has 0 radical (unpaired) electrons. The number of rotatable bonds is 7. The van der Waals surface area contributed by atoms with Crippen LogP contribution >= 0.6 is 0 Å². The van der Waals surface area contributed by atoms with Crippen LogP contribution in [0.2, 0.25) is 0 Å². The molecule has 2 aromatic rings. The molecular formula is C17H23NO3. The smallest absolute Gasteiger partial charge is 0.136 e. The Morgan fingerprint density at radius 3 is 2.71 bits per heavy atom. The molecule has 0 aliphatic rings. The maximum Gasteiger partial charge on any atom is 0.136 e. The van der Waals surface area contributed by atoms with E-state index in [0.29, 0.717) is 12.3 Å². The molecule has 0 spiro atoms. The minimum Gasteiger partial charge on any atom is -0.496 e. The van der Waals surface area contributed by atoms with Crippen LogP contribution < -0.4 is 10.1 Å². The van der Waals surface area contributed by atoms with Gasteiger partial charge >= 0.3 is 0 Å². The lowest BCUT2D eigenvalue weighted by atomic mass is 10.0. The Morgan fingerprint density at radius 2 is 2.05 bits per heavy atom. The van der Waals surface area contributed by atoms with Crippen molar-refractivity contribution in [3.05, 3.63) is 54.0 Å². The van der Waals surface area contributed by atoms with Crippen LogP contribution in [0.25, 0.3) is 0 Å². The first-order valence-electron chi connectivity index (χ1n) is 7.14. The normalized spacial score (nSPS) is 15.4. The molecule has 4 nitrogen and oxygen atoms in total. The minimum atomic E-state index is -1.02. The number of nitrogens with one attached hydrogen (secondary N) is 1. The van der Waals surface area contributed by atoms with Gasteiger partial charge in [-0.05, 0) is 44.0 Å². The Labute approximate surface area is 125 Å². The van der Waals surface area contributed by atoms with Crippen molar-refractivity contribution in [2.45, 2.75) is 31.9 Å². The molecule has 4 heteroatoms. The largest absolute Gasteiger partial charge is 0.496 e. The molecule has 2 atom stereocenters. The van der Waals surface area contributed by atoms with Crippen LogP contribution in [-0.2, 0) is 12.0 Å². The summed E-state index contributed by atoms with van der Waals surface area (Å²) in [4.78, 5) is 0. The first-order valence-corrected chi connectivity index (χ1v) is 7.14. The quantitative estimate of drug-likeness (QED) is 0.823. The fourth-order valence-electron chi connectivity index (χ4n) is 2.32. The zero-order valence-corrected chi connectivity index (χ0v) is 12.8. The lowest BCUT2D eigenvalue weighted by Gasteiger charge is -2.24. The van der Waals surface area contributed by atoms with E-state index in [-0.39, 0.29) is 6.04 Å². The van der Waals surface area contributed by atoms with E-state index in [2.05, 4.69) is 18.3 Å². The van der Waals surface area contributed by atoms with Gasteiger partial charge in [-0.1, -0.05) is 18.2 Å². The molecule has 0 aliphatic heterocycles. The average molecular weight is 289 g/mol. The molecule has 2 unspecified atom stereocenters. The minimum absolute atomic E-state index is 0.211. The zero-order valence-electron chi connectivity index (χ0n) is 12.8. The van der Waals surface area contributed by atoms with Gasteiger partial charge in [-0.3, -0.25) is 0 Å². The van der Waals surface area contributed by atoms with Crippen molar-refractivity contribution in [3.8, 4) is 5.75 Å². The van der Waals surface area contributed by atoms with E-state index in [0.717, 1.165) is 17.7 Å². The van der Waals surface area contributed by atoms with E-state index in [1.807, 2.05) is 18.2 Å². The number of ether oxygens (including phenoxy) is 1. The van der Waals surface area contributed by atoms with E-state index in [4.69, 9.17) is 9.15 Å². The third kappa shape index (κ3) is 4.09. The van der Waals surface area contributed by atoms with Gasteiger partial charge in [0.25, 0.3) is 0 Å². The molecule has 0 bridgehead atoms. The molecule has 2 rings (SSSR count). The maximum absolute atomic E-state index is 10.4. The number of aliphatic hydroxyl groups is 1. The van der Waals surface area contributed by atoms with Gasteiger partial charge in [0.05, 0.1) is 13.4 Å². The molecule has 21 heavy (non-hydrogen) atoms. The summed E-state index contributed by atoms with van der Waals surface area (Å²) in [6.45, 7) is 4.26. The molecule has 114 valence electrons. The van der Waals surface area contributed by atoms with E-state index in [9.17, 15) is 5.11 Å². The predicted octanol–water partition coefficient (Wildman–Crippen LogP) is 2.72. The third-order valence-electron chi connectivity index (χ3n) is 3.57. The van der Waals surface area contributed by atoms with Gasteiger partial charge in [0.2, 0.25) is 0 Å². The van der Waals surface area contributed by atoms with Gasteiger partial charge in [0.15, 0.2) is 0 Å². The van der Waals surface area contributed by atoms with Gasteiger partial charge < -0.3 is 19.6 Å².